The van der Waals surface area contributed by atoms with Crippen LogP contribution in [0.15, 0.2) is 95.1 Å². The summed E-state index contributed by atoms with van der Waals surface area (Å²) < 4.78 is 33.6. The van der Waals surface area contributed by atoms with Crippen molar-refractivity contribution in [3.63, 3.8) is 0 Å². The maximum Gasteiger partial charge on any atom is 0.332 e. The van der Waals surface area contributed by atoms with Crippen molar-refractivity contribution in [3.05, 3.63) is 106 Å². The minimum absolute atomic E-state index is 0.0102. The van der Waals surface area contributed by atoms with E-state index in [1.165, 1.54) is 17.7 Å². The van der Waals surface area contributed by atoms with Crippen molar-refractivity contribution in [1.29, 1.82) is 0 Å². The summed E-state index contributed by atoms with van der Waals surface area (Å²) in [6.45, 7) is 9.62. The lowest BCUT2D eigenvalue weighted by Gasteiger charge is -2.49. The molecule has 0 aromatic heterocycles. The summed E-state index contributed by atoms with van der Waals surface area (Å²) in [6, 6.07) is 19.3. The third-order valence-corrected chi connectivity index (χ3v) is 15.8. The Hall–Kier alpha value is -4.35. The van der Waals surface area contributed by atoms with Crippen LogP contribution in [0.2, 0.25) is 0 Å². The molecule has 2 saturated carbocycles. The van der Waals surface area contributed by atoms with Crippen LogP contribution in [-0.4, -0.2) is 81.5 Å². The van der Waals surface area contributed by atoms with Crippen LogP contribution in [0.3, 0.4) is 0 Å². The lowest BCUT2D eigenvalue weighted by molar-refractivity contribution is -0.216. The van der Waals surface area contributed by atoms with Crippen LogP contribution in [-0.2, 0) is 38.1 Å². The van der Waals surface area contributed by atoms with Gasteiger partial charge in [0.05, 0.1) is 11.7 Å². The number of carbonyl (C=O) groups excluding carboxylic acids is 3. The fourth-order valence-electron chi connectivity index (χ4n) is 12.4. The Morgan fingerprint density at radius 3 is 2.00 bits per heavy atom. The molecule has 3 aliphatic carbocycles. The molecule has 9 rings (SSSR count). The van der Waals surface area contributed by atoms with Crippen LogP contribution in [0, 0.1) is 29.6 Å². The van der Waals surface area contributed by atoms with Crippen molar-refractivity contribution < 1.29 is 48.3 Å². The average molecular weight is 833 g/mol. The molecule has 5 fully saturated rings. The first kappa shape index (κ1) is 42.0. The van der Waals surface area contributed by atoms with Gasteiger partial charge in [-0.3, -0.25) is 0 Å². The maximum atomic E-state index is 13.9. The monoisotopic (exact) mass is 832 g/mol. The predicted octanol–water partition coefficient (Wildman–Crippen LogP) is 7.87. The van der Waals surface area contributed by atoms with Gasteiger partial charge in [-0.15, -0.1) is 0 Å². The number of aliphatic hydroxyl groups excluding tert-OH is 2. The first-order valence-electron chi connectivity index (χ1n) is 22.3. The Balaban J connectivity index is 1.08. The number of allylic oxidation sites excluding steroid dienone is 2. The van der Waals surface area contributed by atoms with E-state index in [-0.39, 0.29) is 29.6 Å². The van der Waals surface area contributed by atoms with Gasteiger partial charge in [0.1, 0.15) is 29.5 Å². The van der Waals surface area contributed by atoms with Crippen molar-refractivity contribution in [2.75, 3.05) is 6.61 Å². The number of esters is 3. The van der Waals surface area contributed by atoms with Gasteiger partial charge in [0.2, 0.25) is 0 Å². The van der Waals surface area contributed by atoms with Gasteiger partial charge in [0.15, 0.2) is 12.2 Å². The SMILES string of the molecule is CC1=C2C(CC1)C1(C)OC(C3CC3C3CCC4(C)OC(C5CC5)(CC4OC(=O)CO)C(OC(=O)/C=C/c4ccccc4)/C(C)=C/3C)(CC1O)C2OC(=O)/C=C/c1ccccc1. The van der Waals surface area contributed by atoms with E-state index >= 15 is 0 Å². The van der Waals surface area contributed by atoms with Gasteiger partial charge in [-0.2, -0.15) is 0 Å². The second-order valence-corrected chi connectivity index (χ2v) is 19.4. The van der Waals surface area contributed by atoms with Crippen molar-refractivity contribution in [2.24, 2.45) is 29.6 Å². The Labute approximate surface area is 359 Å². The quantitative estimate of drug-likeness (QED) is 0.0997. The molecule has 2 N–H and O–H groups in total. The summed E-state index contributed by atoms with van der Waals surface area (Å²) in [4.78, 5) is 40.4. The Morgan fingerprint density at radius 1 is 0.770 bits per heavy atom. The standard InChI is InChI=1S/C51H60O10/c1-30-16-21-38-45(30)47(59-43(55)23-18-34-14-10-7-11-15-34)51(27-40(53)49(38,5)61-51)39-26-37(39)36-24-25-48(4)41(57-44(56)29-52)28-50(60-48,35-19-20-35)46(32(3)31(36)2)58-42(54)22-17-33-12-8-6-9-13-33/h6-15,17-18,22-23,35-41,46-47,52-53H,16,19-21,24-29H2,1-5H3/b22-17+,23-18+,32-31+. The van der Waals surface area contributed by atoms with E-state index in [9.17, 15) is 24.6 Å². The Morgan fingerprint density at radius 2 is 1.39 bits per heavy atom. The molecule has 4 aliphatic heterocycles. The van der Waals surface area contributed by atoms with Crippen molar-refractivity contribution >= 4 is 30.1 Å². The minimum Gasteiger partial charge on any atom is -0.457 e. The molecule has 7 aliphatic rings. The molecule has 12 unspecified atom stereocenters. The fourth-order valence-corrected chi connectivity index (χ4v) is 12.4. The van der Waals surface area contributed by atoms with Crippen LogP contribution in [0.1, 0.15) is 104 Å². The fraction of sp³-hybridized carbons (Fsp3) is 0.549. The summed E-state index contributed by atoms with van der Waals surface area (Å²) in [5, 5.41) is 21.7. The average Bonchev–Trinajstić information content (AvgIpc) is 4.18. The summed E-state index contributed by atoms with van der Waals surface area (Å²) in [5.74, 6) is -1.58. The second-order valence-electron chi connectivity index (χ2n) is 19.4. The molecule has 10 heteroatoms. The van der Waals surface area contributed by atoms with E-state index in [0.717, 1.165) is 60.0 Å². The second kappa shape index (κ2) is 15.8. The minimum atomic E-state index is -0.943. The normalized spacial score (nSPS) is 40.4. The van der Waals surface area contributed by atoms with Crippen LogP contribution >= 0.6 is 0 Å². The summed E-state index contributed by atoms with van der Waals surface area (Å²) in [5.41, 5.74) is 2.51. The number of aliphatic hydroxyl groups is 2. The molecular weight excluding hydrogens is 773 g/mol. The smallest absolute Gasteiger partial charge is 0.332 e. The predicted molar refractivity (Wildman–Crippen MR) is 228 cm³/mol. The number of ether oxygens (including phenoxy) is 5. The number of hydrogen-bond acceptors (Lipinski definition) is 10. The zero-order valence-corrected chi connectivity index (χ0v) is 36.0. The molecule has 61 heavy (non-hydrogen) atoms. The van der Waals surface area contributed by atoms with Crippen LogP contribution in [0.4, 0.5) is 0 Å². The Kier molecular flexibility index (Phi) is 10.9. The molecule has 2 aromatic rings. The molecule has 3 saturated heterocycles. The van der Waals surface area contributed by atoms with Gasteiger partial charge in [-0.25, -0.2) is 14.4 Å². The third kappa shape index (κ3) is 7.35. The zero-order valence-electron chi connectivity index (χ0n) is 36.0. The number of hydrogen-bond donors (Lipinski definition) is 2. The van der Waals surface area contributed by atoms with Crippen molar-refractivity contribution in [2.45, 2.75) is 139 Å². The highest BCUT2D eigenvalue weighted by Gasteiger charge is 2.74. The maximum absolute atomic E-state index is 13.9. The molecule has 4 bridgehead atoms. The van der Waals surface area contributed by atoms with E-state index in [2.05, 4.69) is 20.8 Å². The molecular formula is C51H60O10. The van der Waals surface area contributed by atoms with Gasteiger partial charge in [-0.05, 0) is 138 Å². The lowest BCUT2D eigenvalue weighted by Crippen LogP contribution is -2.58. The molecule has 0 radical (unpaired) electrons. The van der Waals surface area contributed by atoms with E-state index in [0.29, 0.717) is 25.7 Å². The Bertz CT molecular complexity index is 2170. The van der Waals surface area contributed by atoms with E-state index < -0.39 is 71.3 Å². The lowest BCUT2D eigenvalue weighted by atomic mass is 9.73. The largest absolute Gasteiger partial charge is 0.457 e. The molecule has 10 nitrogen and oxygen atoms in total. The first-order chi connectivity index (χ1) is 29.2. The van der Waals surface area contributed by atoms with Gasteiger partial charge in [-0.1, -0.05) is 71.8 Å². The highest BCUT2D eigenvalue weighted by molar-refractivity contribution is 5.88. The highest BCUT2D eigenvalue weighted by atomic mass is 16.6. The number of benzene rings is 2. The molecule has 12 atom stereocenters. The third-order valence-electron chi connectivity index (χ3n) is 15.8. The summed E-state index contributed by atoms with van der Waals surface area (Å²) in [6.07, 6.45) is 9.86. The summed E-state index contributed by atoms with van der Waals surface area (Å²) in [7, 11) is 0. The van der Waals surface area contributed by atoms with Crippen LogP contribution in [0.25, 0.3) is 12.2 Å². The van der Waals surface area contributed by atoms with E-state index in [1.54, 1.807) is 12.2 Å². The molecule has 0 spiro atoms. The molecule has 2 aromatic carbocycles. The first-order valence-corrected chi connectivity index (χ1v) is 22.3. The van der Waals surface area contributed by atoms with Gasteiger partial charge >= 0.3 is 17.9 Å². The van der Waals surface area contributed by atoms with E-state index in [4.69, 9.17) is 23.7 Å². The van der Waals surface area contributed by atoms with Crippen molar-refractivity contribution in [3.8, 4) is 0 Å². The van der Waals surface area contributed by atoms with Crippen LogP contribution < -0.4 is 0 Å². The number of carbonyl (C=O) groups is 3. The topological polar surface area (TPSA) is 138 Å². The molecule has 4 heterocycles. The zero-order chi connectivity index (χ0) is 42.9. The van der Waals surface area contributed by atoms with Gasteiger partial charge < -0.3 is 33.9 Å². The summed E-state index contributed by atoms with van der Waals surface area (Å²) >= 11 is 0. The van der Waals surface area contributed by atoms with Crippen LogP contribution in [0.5, 0.6) is 0 Å². The molecule has 0 amide bonds. The highest BCUT2D eigenvalue weighted by Crippen LogP contribution is 2.68. The number of rotatable bonds is 11. The van der Waals surface area contributed by atoms with Crippen molar-refractivity contribution in [1.82, 2.24) is 0 Å². The molecule has 324 valence electrons. The number of fused-ring (bicyclic) bond motifs is 6. The van der Waals surface area contributed by atoms with Gasteiger partial charge in [0.25, 0.3) is 0 Å². The van der Waals surface area contributed by atoms with Gasteiger partial charge in [0, 0.05) is 30.9 Å². The van der Waals surface area contributed by atoms with E-state index in [1.807, 2.05) is 74.5 Å².